The third-order valence-electron chi connectivity index (χ3n) is 4.23. The van der Waals surface area contributed by atoms with Crippen LogP contribution in [0.25, 0.3) is 10.2 Å². The monoisotopic (exact) mass is 335 g/mol. The summed E-state index contributed by atoms with van der Waals surface area (Å²) in [4.78, 5) is 30.5. The van der Waals surface area contributed by atoms with E-state index in [1.165, 1.54) is 55.0 Å². The van der Waals surface area contributed by atoms with Crippen LogP contribution < -0.4 is 10.9 Å². The highest BCUT2D eigenvalue weighted by molar-refractivity contribution is 7.18. The lowest BCUT2D eigenvalue weighted by molar-refractivity contribution is 0.0683. The minimum absolute atomic E-state index is 0.280. The smallest absolute Gasteiger partial charge is 0.372 e. The number of aromatic nitrogens is 2. The van der Waals surface area contributed by atoms with Gasteiger partial charge in [0.15, 0.2) is 0 Å². The molecule has 0 aromatic carbocycles. The molecule has 3 N–H and O–H groups in total. The fourth-order valence-corrected chi connectivity index (χ4v) is 4.34. The topological polar surface area (TPSA) is 95.1 Å². The van der Waals surface area contributed by atoms with E-state index in [4.69, 9.17) is 5.11 Å². The maximum atomic E-state index is 11.8. The molecule has 0 bridgehead atoms. The Labute approximate surface area is 138 Å². The van der Waals surface area contributed by atoms with Crippen LogP contribution in [0.5, 0.6) is 0 Å². The van der Waals surface area contributed by atoms with Crippen LogP contribution in [0, 0.1) is 0 Å². The Morgan fingerprint density at radius 3 is 2.52 bits per heavy atom. The zero-order valence-corrected chi connectivity index (χ0v) is 13.8. The first-order chi connectivity index (χ1) is 11.2. The molecule has 1 aliphatic carbocycles. The first-order valence-corrected chi connectivity index (χ1v) is 8.97. The molecule has 6 nitrogen and oxygen atoms in total. The SMILES string of the molecule is C1CCCNCC1.O=C(O)c1nc2sc3c(c2c(=O)[nH]1)CCC3. The maximum Gasteiger partial charge on any atom is 0.372 e. The number of aromatic carboxylic acids is 1. The molecule has 1 saturated heterocycles. The Bertz CT molecular complexity index is 746. The standard InChI is InChI=1S/C10H8N2O3S.C6H13N/c13-8-6-4-2-1-3-5(4)16-9(6)12-7(11-8)10(14)15;1-2-4-6-7-5-3-1/h1-3H2,(H,14,15)(H,11,12,13);7H,1-6H2. The van der Waals surface area contributed by atoms with Gasteiger partial charge in [-0.25, -0.2) is 9.78 Å². The Hall–Kier alpha value is -1.73. The molecule has 1 aliphatic heterocycles. The summed E-state index contributed by atoms with van der Waals surface area (Å²) in [5.74, 6) is -1.48. The molecule has 124 valence electrons. The third-order valence-corrected chi connectivity index (χ3v) is 5.42. The molecule has 0 saturated carbocycles. The van der Waals surface area contributed by atoms with Crippen LogP contribution in [-0.4, -0.2) is 34.1 Å². The molecule has 0 spiro atoms. The van der Waals surface area contributed by atoms with E-state index < -0.39 is 5.97 Å². The molecule has 0 atom stereocenters. The summed E-state index contributed by atoms with van der Waals surface area (Å²) in [7, 11) is 0. The number of H-pyrrole nitrogens is 1. The van der Waals surface area contributed by atoms with Crippen LogP contribution in [0.15, 0.2) is 4.79 Å². The van der Waals surface area contributed by atoms with Gasteiger partial charge in [-0.2, -0.15) is 0 Å². The number of thiophene rings is 1. The normalized spacial score (nSPS) is 17.2. The Balaban J connectivity index is 0.000000188. The molecule has 3 heterocycles. The van der Waals surface area contributed by atoms with Crippen LogP contribution in [-0.2, 0) is 12.8 Å². The number of aryl methyl sites for hydroxylation is 2. The largest absolute Gasteiger partial charge is 0.475 e. The van der Waals surface area contributed by atoms with Gasteiger partial charge in [-0.3, -0.25) is 4.79 Å². The number of aromatic amines is 1. The first kappa shape index (κ1) is 16.1. The Morgan fingerprint density at radius 2 is 1.83 bits per heavy atom. The Morgan fingerprint density at radius 1 is 1.09 bits per heavy atom. The molecule has 1 fully saturated rings. The zero-order valence-electron chi connectivity index (χ0n) is 13.0. The van der Waals surface area contributed by atoms with Crippen LogP contribution >= 0.6 is 11.3 Å². The molecule has 0 amide bonds. The predicted molar refractivity (Wildman–Crippen MR) is 90.6 cm³/mol. The number of carboxylic acids is 1. The van der Waals surface area contributed by atoms with E-state index in [1.54, 1.807) is 0 Å². The van der Waals surface area contributed by atoms with E-state index in [2.05, 4.69) is 15.3 Å². The lowest BCUT2D eigenvalue weighted by Gasteiger charge is -1.95. The number of nitrogens with one attached hydrogen (secondary N) is 2. The fraction of sp³-hybridized carbons (Fsp3) is 0.562. The van der Waals surface area contributed by atoms with E-state index in [1.807, 2.05) is 0 Å². The van der Waals surface area contributed by atoms with Gasteiger partial charge in [0.2, 0.25) is 5.82 Å². The van der Waals surface area contributed by atoms with Gasteiger partial charge in [0.25, 0.3) is 5.56 Å². The number of fused-ring (bicyclic) bond motifs is 3. The number of rotatable bonds is 1. The Kier molecular flexibility index (Phi) is 5.07. The minimum Gasteiger partial charge on any atom is -0.475 e. The molecule has 2 aliphatic rings. The molecule has 2 aromatic heterocycles. The van der Waals surface area contributed by atoms with Crippen molar-refractivity contribution in [2.24, 2.45) is 0 Å². The van der Waals surface area contributed by atoms with Crippen molar-refractivity contribution in [1.82, 2.24) is 15.3 Å². The highest BCUT2D eigenvalue weighted by Crippen LogP contribution is 2.34. The van der Waals surface area contributed by atoms with E-state index in [-0.39, 0.29) is 11.4 Å². The van der Waals surface area contributed by atoms with Gasteiger partial charge in [0.05, 0.1) is 5.39 Å². The van der Waals surface area contributed by atoms with Crippen molar-refractivity contribution in [3.63, 3.8) is 0 Å². The number of carbonyl (C=O) groups is 1. The van der Waals surface area contributed by atoms with Gasteiger partial charge in [0.1, 0.15) is 4.83 Å². The second-order valence-corrected chi connectivity index (χ2v) is 7.01. The maximum absolute atomic E-state index is 11.8. The lowest BCUT2D eigenvalue weighted by atomic mass is 10.2. The van der Waals surface area contributed by atoms with Crippen molar-refractivity contribution in [3.8, 4) is 0 Å². The summed E-state index contributed by atoms with van der Waals surface area (Å²) in [6.07, 6.45) is 8.59. The lowest BCUT2D eigenvalue weighted by Crippen LogP contribution is -2.15. The number of nitrogens with zero attached hydrogens (tertiary/aromatic N) is 1. The third kappa shape index (κ3) is 3.61. The van der Waals surface area contributed by atoms with Crippen molar-refractivity contribution in [3.05, 3.63) is 26.6 Å². The summed E-state index contributed by atoms with van der Waals surface area (Å²) in [6.45, 7) is 2.50. The van der Waals surface area contributed by atoms with E-state index >= 15 is 0 Å². The fourth-order valence-electron chi connectivity index (χ4n) is 3.08. The quantitative estimate of drug-likeness (QED) is 0.743. The zero-order chi connectivity index (χ0) is 16.2. The summed E-state index contributed by atoms with van der Waals surface area (Å²) in [5.41, 5.74) is 0.729. The number of hydrogen-bond acceptors (Lipinski definition) is 5. The molecular formula is C16H21N3O3S. The van der Waals surface area contributed by atoms with Crippen molar-refractivity contribution in [1.29, 1.82) is 0 Å². The highest BCUT2D eigenvalue weighted by atomic mass is 32.1. The van der Waals surface area contributed by atoms with Crippen molar-refractivity contribution in [2.45, 2.75) is 44.9 Å². The molecule has 7 heteroatoms. The van der Waals surface area contributed by atoms with Crippen LogP contribution in [0.4, 0.5) is 0 Å². The molecule has 4 rings (SSSR count). The van der Waals surface area contributed by atoms with Crippen LogP contribution in [0.3, 0.4) is 0 Å². The first-order valence-electron chi connectivity index (χ1n) is 8.15. The minimum atomic E-state index is -1.20. The van der Waals surface area contributed by atoms with Crippen LogP contribution in [0.2, 0.25) is 0 Å². The van der Waals surface area contributed by atoms with Crippen molar-refractivity contribution >= 4 is 27.5 Å². The number of carboxylic acid groups (broad SMARTS) is 1. The summed E-state index contributed by atoms with van der Waals surface area (Å²) >= 11 is 1.44. The molecule has 0 radical (unpaired) electrons. The second-order valence-electron chi connectivity index (χ2n) is 5.92. The van der Waals surface area contributed by atoms with Crippen LogP contribution in [0.1, 0.15) is 53.2 Å². The van der Waals surface area contributed by atoms with Gasteiger partial charge < -0.3 is 15.4 Å². The van der Waals surface area contributed by atoms with E-state index in [9.17, 15) is 9.59 Å². The van der Waals surface area contributed by atoms with Gasteiger partial charge in [0, 0.05) is 4.88 Å². The summed E-state index contributed by atoms with van der Waals surface area (Å²) in [5, 5.41) is 12.7. The molecule has 2 aromatic rings. The predicted octanol–water partition coefficient (Wildman–Crippen LogP) is 2.32. The molecule has 0 unspecified atom stereocenters. The van der Waals surface area contributed by atoms with Gasteiger partial charge in [-0.1, -0.05) is 12.8 Å². The molecular weight excluding hydrogens is 314 g/mol. The highest BCUT2D eigenvalue weighted by Gasteiger charge is 2.22. The van der Waals surface area contributed by atoms with Gasteiger partial charge >= 0.3 is 5.97 Å². The van der Waals surface area contributed by atoms with Gasteiger partial charge in [-0.15, -0.1) is 11.3 Å². The summed E-state index contributed by atoms with van der Waals surface area (Å²) < 4.78 is 0. The van der Waals surface area contributed by atoms with Crippen molar-refractivity contribution < 1.29 is 9.90 Å². The second kappa shape index (κ2) is 7.23. The van der Waals surface area contributed by atoms with E-state index in [0.29, 0.717) is 10.2 Å². The van der Waals surface area contributed by atoms with E-state index in [0.717, 1.165) is 24.8 Å². The van der Waals surface area contributed by atoms with Crippen molar-refractivity contribution in [2.75, 3.05) is 13.1 Å². The average Bonchev–Trinajstić information content (AvgIpc) is 2.96. The van der Waals surface area contributed by atoms with Gasteiger partial charge in [-0.05, 0) is 50.8 Å². The summed E-state index contributed by atoms with van der Waals surface area (Å²) in [6, 6.07) is 0. The average molecular weight is 335 g/mol. The number of hydrogen-bond donors (Lipinski definition) is 3. The molecule has 23 heavy (non-hydrogen) atoms.